The third kappa shape index (κ3) is 5.09. The largest absolute Gasteiger partial charge is 0.507 e. The highest BCUT2D eigenvalue weighted by molar-refractivity contribution is 6.46. The molecule has 1 fully saturated rings. The Hall–Kier alpha value is -2.54. The van der Waals surface area contributed by atoms with Crippen molar-refractivity contribution >= 4 is 40.7 Å². The van der Waals surface area contributed by atoms with Crippen LogP contribution < -0.4 is 4.74 Å². The number of hydrogen-bond acceptors (Lipinski definition) is 5. The molecular weight excluding hydrogens is 451 g/mol. The van der Waals surface area contributed by atoms with Gasteiger partial charge in [0, 0.05) is 18.7 Å². The summed E-state index contributed by atoms with van der Waals surface area (Å²) < 4.78 is 5.64. The second-order valence-electron chi connectivity index (χ2n) is 8.16. The number of halogens is 2. The molecule has 6 nitrogen and oxygen atoms in total. The normalized spacial score (nSPS) is 18.1. The van der Waals surface area contributed by atoms with E-state index < -0.39 is 17.7 Å². The number of aliphatic hydroxyl groups excluding tert-OH is 1. The van der Waals surface area contributed by atoms with E-state index in [9.17, 15) is 14.7 Å². The lowest BCUT2D eigenvalue weighted by atomic mass is 9.95. The fourth-order valence-corrected chi connectivity index (χ4v) is 3.87. The Morgan fingerprint density at radius 3 is 2.31 bits per heavy atom. The second-order valence-corrected chi connectivity index (χ2v) is 8.97. The van der Waals surface area contributed by atoms with Gasteiger partial charge in [0.1, 0.15) is 11.5 Å². The summed E-state index contributed by atoms with van der Waals surface area (Å²) in [4.78, 5) is 29.3. The Morgan fingerprint density at radius 2 is 1.75 bits per heavy atom. The van der Waals surface area contributed by atoms with Crippen LogP contribution in [-0.4, -0.2) is 59.9 Å². The molecule has 170 valence electrons. The highest BCUT2D eigenvalue weighted by atomic mass is 35.5. The van der Waals surface area contributed by atoms with Crippen molar-refractivity contribution in [3.63, 3.8) is 0 Å². The second kappa shape index (κ2) is 9.94. The summed E-state index contributed by atoms with van der Waals surface area (Å²) in [6.45, 7) is 4.69. The maximum Gasteiger partial charge on any atom is 0.295 e. The van der Waals surface area contributed by atoms with Crippen LogP contribution in [0.5, 0.6) is 5.75 Å². The molecule has 1 saturated heterocycles. The predicted molar refractivity (Wildman–Crippen MR) is 126 cm³/mol. The monoisotopic (exact) mass is 476 g/mol. The van der Waals surface area contributed by atoms with Gasteiger partial charge in [-0.15, -0.1) is 0 Å². The van der Waals surface area contributed by atoms with Crippen molar-refractivity contribution in [3.8, 4) is 5.75 Å². The molecule has 0 saturated carbocycles. The number of ether oxygens (including phenoxy) is 1. The van der Waals surface area contributed by atoms with Crippen LogP contribution in [0.15, 0.2) is 48.0 Å². The minimum atomic E-state index is -0.781. The van der Waals surface area contributed by atoms with Gasteiger partial charge in [-0.05, 0) is 69.9 Å². The minimum absolute atomic E-state index is 0.00567. The first-order chi connectivity index (χ1) is 15.1. The predicted octanol–water partition coefficient (Wildman–Crippen LogP) is 4.76. The number of hydrogen-bond donors (Lipinski definition) is 1. The number of Topliss-reactive ketones (excluding diaryl/α,β-unsaturated/α-hetero) is 1. The highest BCUT2D eigenvalue weighted by Gasteiger charge is 2.46. The van der Waals surface area contributed by atoms with Gasteiger partial charge in [0.15, 0.2) is 0 Å². The van der Waals surface area contributed by atoms with Gasteiger partial charge in [-0.2, -0.15) is 0 Å². The third-order valence-electron chi connectivity index (χ3n) is 5.09. The summed E-state index contributed by atoms with van der Waals surface area (Å²) in [5, 5.41) is 11.8. The van der Waals surface area contributed by atoms with Crippen molar-refractivity contribution in [2.45, 2.75) is 26.0 Å². The van der Waals surface area contributed by atoms with Crippen LogP contribution >= 0.6 is 23.2 Å². The van der Waals surface area contributed by atoms with Crippen molar-refractivity contribution in [2.75, 3.05) is 27.2 Å². The fourth-order valence-electron chi connectivity index (χ4n) is 3.57. The molecule has 1 unspecified atom stereocenters. The molecule has 8 heteroatoms. The maximum absolute atomic E-state index is 13.0. The lowest BCUT2D eigenvalue weighted by Gasteiger charge is -2.26. The van der Waals surface area contributed by atoms with Gasteiger partial charge in [-0.25, -0.2) is 0 Å². The zero-order valence-electron chi connectivity index (χ0n) is 18.4. The van der Waals surface area contributed by atoms with Gasteiger partial charge < -0.3 is 19.6 Å². The average Bonchev–Trinajstić information content (AvgIpc) is 2.98. The summed E-state index contributed by atoms with van der Waals surface area (Å²) in [6, 6.07) is 10.9. The Labute approximate surface area is 198 Å². The summed E-state index contributed by atoms with van der Waals surface area (Å²) in [5.41, 5.74) is 1.03. The van der Waals surface area contributed by atoms with Crippen LogP contribution in [0.1, 0.15) is 31.0 Å². The quantitative estimate of drug-likeness (QED) is 0.354. The van der Waals surface area contributed by atoms with Gasteiger partial charge in [0.2, 0.25) is 0 Å². The smallest absolute Gasteiger partial charge is 0.295 e. The number of likely N-dealkylation sites (tertiary alicyclic amines) is 1. The van der Waals surface area contributed by atoms with Crippen LogP contribution in [0.4, 0.5) is 0 Å². The molecule has 0 spiro atoms. The SMILES string of the molecule is CC(C)Oc1ccc(/C(O)=C2\C(=O)C(=O)N(CCN(C)C)C2c2ccc(Cl)c(Cl)c2)cc1. The first-order valence-corrected chi connectivity index (χ1v) is 11.0. The average molecular weight is 477 g/mol. The zero-order chi connectivity index (χ0) is 23.6. The summed E-state index contributed by atoms with van der Waals surface area (Å²) in [7, 11) is 3.76. The standard InChI is InChI=1S/C24H26Cl2N2O4/c1-14(2)32-17-8-5-15(6-9-17)22(29)20-21(16-7-10-18(25)19(26)13-16)28(12-11-27(3)4)24(31)23(20)30/h5-10,13-14,21,29H,11-12H2,1-4H3/b22-20+. The van der Waals surface area contributed by atoms with Crippen LogP contribution in [0, 0.1) is 0 Å². The molecule has 1 atom stereocenters. The number of carbonyl (C=O) groups excluding carboxylic acids is 2. The molecule has 0 aliphatic carbocycles. The van der Waals surface area contributed by atoms with Crippen molar-refractivity contribution < 1.29 is 19.4 Å². The number of nitrogens with zero attached hydrogens (tertiary/aromatic N) is 2. The Kier molecular flexibility index (Phi) is 7.49. The zero-order valence-corrected chi connectivity index (χ0v) is 19.9. The van der Waals surface area contributed by atoms with E-state index in [1.54, 1.807) is 42.5 Å². The number of likely N-dealkylation sites (N-methyl/N-ethyl adjacent to an activating group) is 1. The van der Waals surface area contributed by atoms with Gasteiger partial charge >= 0.3 is 0 Å². The van der Waals surface area contributed by atoms with E-state index >= 15 is 0 Å². The summed E-state index contributed by atoms with van der Waals surface area (Å²) in [6.07, 6.45) is 0.00567. The number of ketones is 1. The Bertz CT molecular complexity index is 1050. The van der Waals surface area contributed by atoms with E-state index in [0.29, 0.717) is 40.0 Å². The molecule has 1 amide bonds. The summed E-state index contributed by atoms with van der Waals surface area (Å²) >= 11 is 12.3. The van der Waals surface area contributed by atoms with E-state index in [1.165, 1.54) is 4.90 Å². The minimum Gasteiger partial charge on any atom is -0.507 e. The fraction of sp³-hybridized carbons (Fsp3) is 0.333. The molecule has 2 aromatic rings. The molecule has 32 heavy (non-hydrogen) atoms. The van der Waals surface area contributed by atoms with Gasteiger partial charge in [-0.1, -0.05) is 29.3 Å². The van der Waals surface area contributed by atoms with Crippen LogP contribution in [0.25, 0.3) is 5.76 Å². The lowest BCUT2D eigenvalue weighted by Crippen LogP contribution is -2.35. The van der Waals surface area contributed by atoms with Crippen molar-refractivity contribution in [1.29, 1.82) is 0 Å². The molecule has 0 aromatic heterocycles. The van der Waals surface area contributed by atoms with E-state index in [4.69, 9.17) is 27.9 Å². The molecule has 1 aliphatic heterocycles. The number of rotatable bonds is 7. The van der Waals surface area contributed by atoms with E-state index in [2.05, 4.69) is 0 Å². The number of aliphatic hydroxyl groups is 1. The van der Waals surface area contributed by atoms with Gasteiger partial charge in [0.25, 0.3) is 11.7 Å². The van der Waals surface area contributed by atoms with Crippen LogP contribution in [0.2, 0.25) is 10.0 Å². The number of benzene rings is 2. The topological polar surface area (TPSA) is 70.1 Å². The van der Waals surface area contributed by atoms with Gasteiger partial charge in [-0.3, -0.25) is 9.59 Å². The van der Waals surface area contributed by atoms with Crippen LogP contribution in [0.3, 0.4) is 0 Å². The Morgan fingerprint density at radius 1 is 1.09 bits per heavy atom. The molecule has 1 heterocycles. The first-order valence-electron chi connectivity index (χ1n) is 10.2. The number of carbonyl (C=O) groups is 2. The van der Waals surface area contributed by atoms with Crippen molar-refractivity contribution in [1.82, 2.24) is 9.80 Å². The van der Waals surface area contributed by atoms with Gasteiger partial charge in [0.05, 0.1) is 27.8 Å². The first kappa shape index (κ1) is 24.1. The molecule has 1 N–H and O–H groups in total. The number of amides is 1. The van der Waals surface area contributed by atoms with E-state index in [0.717, 1.165) is 0 Å². The lowest BCUT2D eigenvalue weighted by molar-refractivity contribution is -0.140. The molecular formula is C24H26Cl2N2O4. The molecule has 0 radical (unpaired) electrons. The summed E-state index contributed by atoms with van der Waals surface area (Å²) in [5.74, 6) is -1.00. The molecule has 3 rings (SSSR count). The third-order valence-corrected chi connectivity index (χ3v) is 5.83. The maximum atomic E-state index is 13.0. The highest BCUT2D eigenvalue weighted by Crippen LogP contribution is 2.41. The molecule has 2 aromatic carbocycles. The van der Waals surface area contributed by atoms with E-state index in [-0.39, 0.29) is 17.4 Å². The molecule has 0 bridgehead atoms. The van der Waals surface area contributed by atoms with Crippen molar-refractivity contribution in [3.05, 3.63) is 69.2 Å². The van der Waals surface area contributed by atoms with Crippen molar-refractivity contribution in [2.24, 2.45) is 0 Å². The molecule has 1 aliphatic rings. The van der Waals surface area contributed by atoms with Crippen LogP contribution in [-0.2, 0) is 9.59 Å². The Balaban J connectivity index is 2.10. The van der Waals surface area contributed by atoms with E-state index in [1.807, 2.05) is 32.8 Å².